The Hall–Kier alpha value is -3.41. The molecular formula is C20H17N3O3. The lowest BCUT2D eigenvalue weighted by molar-refractivity contribution is 0.0281. The summed E-state index contributed by atoms with van der Waals surface area (Å²) in [6, 6.07) is 17.1. The number of benzene rings is 2. The van der Waals surface area contributed by atoms with Crippen LogP contribution in [0, 0.1) is 6.92 Å². The topological polar surface area (TPSA) is 81.0 Å². The van der Waals surface area contributed by atoms with Crippen molar-refractivity contribution < 1.29 is 13.9 Å². The molecule has 0 aliphatic heterocycles. The molecule has 4 aromatic rings. The number of hydrogen-bond donors (Lipinski definition) is 1. The van der Waals surface area contributed by atoms with E-state index >= 15 is 0 Å². The summed E-state index contributed by atoms with van der Waals surface area (Å²) in [4.78, 5) is 15.9. The quantitative estimate of drug-likeness (QED) is 0.552. The molecule has 6 nitrogen and oxygen atoms in total. The lowest BCUT2D eigenvalue weighted by atomic mass is 10.1. The Bertz CT molecular complexity index is 1070. The number of aryl methyl sites for hydroxylation is 1. The number of esters is 1. The van der Waals surface area contributed by atoms with Crippen LogP contribution in [0.3, 0.4) is 0 Å². The number of carbonyl (C=O) groups excluding carboxylic acids is 1. The van der Waals surface area contributed by atoms with Crippen molar-refractivity contribution in [1.82, 2.24) is 15.2 Å². The van der Waals surface area contributed by atoms with E-state index in [1.807, 2.05) is 61.5 Å². The van der Waals surface area contributed by atoms with Crippen molar-refractivity contribution in [3.8, 4) is 11.5 Å². The predicted molar refractivity (Wildman–Crippen MR) is 96.6 cm³/mol. The molecule has 2 heterocycles. The number of ether oxygens (including phenoxy) is 1. The van der Waals surface area contributed by atoms with Crippen molar-refractivity contribution in [1.29, 1.82) is 0 Å². The maximum Gasteiger partial charge on any atom is 0.341 e. The third kappa shape index (κ3) is 2.86. The first-order chi connectivity index (χ1) is 12.6. The maximum atomic E-state index is 12.7. The average molecular weight is 347 g/mol. The predicted octanol–water partition coefficient (Wildman–Crippen LogP) is 4.44. The minimum Gasteiger partial charge on any atom is -0.449 e. The molecule has 130 valence electrons. The Morgan fingerprint density at radius 3 is 2.62 bits per heavy atom. The SMILES string of the molecule is Cc1[nH]c2ccccc2c1C(=O)OC(C)c1nnc(-c2ccccc2)o1. The van der Waals surface area contributed by atoms with Gasteiger partial charge in [0.15, 0.2) is 6.10 Å². The zero-order valence-corrected chi connectivity index (χ0v) is 14.4. The number of nitrogens with zero attached hydrogens (tertiary/aromatic N) is 2. The van der Waals surface area contributed by atoms with Crippen LogP contribution in [0.15, 0.2) is 59.0 Å². The number of carbonyl (C=O) groups is 1. The zero-order valence-electron chi connectivity index (χ0n) is 14.4. The van der Waals surface area contributed by atoms with Gasteiger partial charge < -0.3 is 14.1 Å². The number of hydrogen-bond acceptors (Lipinski definition) is 5. The van der Waals surface area contributed by atoms with Crippen LogP contribution in [0.25, 0.3) is 22.4 Å². The van der Waals surface area contributed by atoms with E-state index < -0.39 is 12.1 Å². The first kappa shape index (κ1) is 16.1. The van der Waals surface area contributed by atoms with E-state index in [0.29, 0.717) is 11.5 Å². The molecule has 0 spiro atoms. The van der Waals surface area contributed by atoms with Crippen LogP contribution in [0.4, 0.5) is 0 Å². The van der Waals surface area contributed by atoms with Gasteiger partial charge in [-0.25, -0.2) is 4.79 Å². The molecule has 6 heteroatoms. The fourth-order valence-corrected chi connectivity index (χ4v) is 2.91. The first-order valence-corrected chi connectivity index (χ1v) is 8.30. The van der Waals surface area contributed by atoms with Gasteiger partial charge in [-0.05, 0) is 32.0 Å². The molecule has 0 saturated heterocycles. The summed E-state index contributed by atoms with van der Waals surface area (Å²) in [5, 5.41) is 8.87. The normalized spacial score (nSPS) is 12.2. The van der Waals surface area contributed by atoms with Gasteiger partial charge in [-0.2, -0.15) is 0 Å². The molecule has 0 bridgehead atoms. The van der Waals surface area contributed by atoms with E-state index in [1.54, 1.807) is 6.92 Å². The zero-order chi connectivity index (χ0) is 18.1. The molecule has 1 atom stereocenters. The summed E-state index contributed by atoms with van der Waals surface area (Å²) in [5.74, 6) is 0.230. The maximum absolute atomic E-state index is 12.7. The van der Waals surface area contributed by atoms with Gasteiger partial charge in [0, 0.05) is 22.2 Å². The van der Waals surface area contributed by atoms with Crippen LogP contribution in [0.5, 0.6) is 0 Å². The third-order valence-electron chi connectivity index (χ3n) is 4.19. The van der Waals surface area contributed by atoms with Crippen LogP contribution in [0.1, 0.15) is 35.0 Å². The van der Waals surface area contributed by atoms with E-state index in [-0.39, 0.29) is 5.89 Å². The molecule has 2 aromatic carbocycles. The number of rotatable bonds is 4. The number of nitrogens with one attached hydrogen (secondary N) is 1. The second-order valence-electron chi connectivity index (χ2n) is 6.03. The van der Waals surface area contributed by atoms with E-state index in [4.69, 9.17) is 9.15 Å². The molecule has 0 radical (unpaired) electrons. The molecule has 0 aliphatic carbocycles. The summed E-state index contributed by atoms with van der Waals surface area (Å²) in [6.45, 7) is 3.56. The van der Waals surface area contributed by atoms with Crippen molar-refractivity contribution in [3.05, 3.63) is 71.7 Å². The highest BCUT2D eigenvalue weighted by atomic mass is 16.6. The number of para-hydroxylation sites is 1. The number of aromatic nitrogens is 3. The second kappa shape index (κ2) is 6.48. The van der Waals surface area contributed by atoms with Crippen LogP contribution >= 0.6 is 0 Å². The standard InChI is InChI=1S/C20H17N3O3/c1-12-17(15-10-6-7-11-16(15)21-12)20(24)25-13(2)18-22-23-19(26-18)14-8-4-3-5-9-14/h3-11,13,21H,1-2H3. The first-order valence-electron chi connectivity index (χ1n) is 8.30. The molecule has 1 unspecified atom stereocenters. The lowest BCUT2D eigenvalue weighted by Crippen LogP contribution is -2.10. The molecule has 0 amide bonds. The molecule has 26 heavy (non-hydrogen) atoms. The van der Waals surface area contributed by atoms with Crippen molar-refractivity contribution in [2.75, 3.05) is 0 Å². The highest BCUT2D eigenvalue weighted by molar-refractivity contribution is 6.05. The van der Waals surface area contributed by atoms with E-state index in [0.717, 1.165) is 22.2 Å². The summed E-state index contributed by atoms with van der Waals surface area (Å²) in [7, 11) is 0. The Morgan fingerprint density at radius 2 is 1.81 bits per heavy atom. The lowest BCUT2D eigenvalue weighted by Gasteiger charge is -2.09. The summed E-state index contributed by atoms with van der Waals surface area (Å²) >= 11 is 0. The minimum absolute atomic E-state index is 0.259. The Morgan fingerprint density at radius 1 is 1.08 bits per heavy atom. The molecule has 0 fully saturated rings. The van der Waals surface area contributed by atoms with Crippen molar-refractivity contribution in [2.24, 2.45) is 0 Å². The fourth-order valence-electron chi connectivity index (χ4n) is 2.91. The smallest absolute Gasteiger partial charge is 0.341 e. The Kier molecular flexibility index (Phi) is 4.01. The van der Waals surface area contributed by atoms with Crippen LogP contribution in [-0.2, 0) is 4.74 Å². The van der Waals surface area contributed by atoms with Gasteiger partial charge in [0.1, 0.15) is 0 Å². The highest BCUT2D eigenvalue weighted by Gasteiger charge is 2.23. The van der Waals surface area contributed by atoms with Gasteiger partial charge in [0.05, 0.1) is 5.56 Å². The second-order valence-corrected chi connectivity index (χ2v) is 6.03. The van der Waals surface area contributed by atoms with E-state index in [1.165, 1.54) is 0 Å². The monoisotopic (exact) mass is 347 g/mol. The van der Waals surface area contributed by atoms with E-state index in [2.05, 4.69) is 15.2 Å². The van der Waals surface area contributed by atoms with Gasteiger partial charge in [-0.3, -0.25) is 0 Å². The Balaban J connectivity index is 1.56. The minimum atomic E-state index is -0.652. The van der Waals surface area contributed by atoms with Crippen molar-refractivity contribution in [2.45, 2.75) is 20.0 Å². The van der Waals surface area contributed by atoms with Crippen LogP contribution in [0.2, 0.25) is 0 Å². The largest absolute Gasteiger partial charge is 0.449 e. The van der Waals surface area contributed by atoms with Gasteiger partial charge in [0.2, 0.25) is 5.89 Å². The number of fused-ring (bicyclic) bond motifs is 1. The number of aromatic amines is 1. The van der Waals surface area contributed by atoms with Gasteiger partial charge in [-0.15, -0.1) is 10.2 Å². The van der Waals surface area contributed by atoms with Crippen LogP contribution in [-0.4, -0.2) is 21.2 Å². The van der Waals surface area contributed by atoms with Crippen molar-refractivity contribution in [3.63, 3.8) is 0 Å². The molecule has 4 rings (SSSR count). The molecular weight excluding hydrogens is 330 g/mol. The van der Waals surface area contributed by atoms with Crippen molar-refractivity contribution >= 4 is 16.9 Å². The molecule has 0 aliphatic rings. The summed E-state index contributed by atoms with van der Waals surface area (Å²) in [5.41, 5.74) is 3.00. The summed E-state index contributed by atoms with van der Waals surface area (Å²) < 4.78 is 11.2. The van der Waals surface area contributed by atoms with Gasteiger partial charge >= 0.3 is 5.97 Å². The van der Waals surface area contributed by atoms with Gasteiger partial charge in [0.25, 0.3) is 5.89 Å². The Labute approximate surface area is 149 Å². The summed E-state index contributed by atoms with van der Waals surface area (Å²) in [6.07, 6.45) is -0.652. The van der Waals surface area contributed by atoms with E-state index in [9.17, 15) is 4.79 Å². The van der Waals surface area contributed by atoms with Gasteiger partial charge in [-0.1, -0.05) is 36.4 Å². The average Bonchev–Trinajstić information content (AvgIpc) is 3.26. The van der Waals surface area contributed by atoms with Crippen LogP contribution < -0.4 is 0 Å². The highest BCUT2D eigenvalue weighted by Crippen LogP contribution is 2.26. The molecule has 0 saturated carbocycles. The third-order valence-corrected chi connectivity index (χ3v) is 4.19. The molecule has 1 N–H and O–H groups in total. The number of H-pyrrole nitrogens is 1. The fraction of sp³-hybridized carbons (Fsp3) is 0.150. The molecule has 2 aromatic heterocycles.